The molecule has 1 rings (SSSR count). The number of amides is 2. The molecular formula is C16H30N4O2. The van der Waals surface area contributed by atoms with Gasteiger partial charge >= 0.3 is 6.03 Å². The lowest BCUT2D eigenvalue weighted by molar-refractivity contribution is 0.166. The minimum Gasteiger partial charge on any atom is -0.394 e. The van der Waals surface area contributed by atoms with Gasteiger partial charge in [0.2, 0.25) is 0 Å². The van der Waals surface area contributed by atoms with Crippen molar-refractivity contribution >= 4 is 11.8 Å². The fraction of sp³-hybridized carbons (Fsp3) is 0.750. The largest absolute Gasteiger partial charge is 0.394 e. The Bertz CT molecular complexity index is 523. The first kappa shape index (κ1) is 18.5. The highest BCUT2D eigenvalue weighted by atomic mass is 16.3. The number of aliphatic hydroxyl groups is 1. The van der Waals surface area contributed by atoms with Gasteiger partial charge < -0.3 is 10.0 Å². The minimum absolute atomic E-state index is 0.0737. The van der Waals surface area contributed by atoms with Gasteiger partial charge in [0.1, 0.15) is 5.82 Å². The third-order valence-electron chi connectivity index (χ3n) is 3.59. The molecule has 2 N–H and O–H groups in total. The average molecular weight is 310 g/mol. The summed E-state index contributed by atoms with van der Waals surface area (Å²) in [6.07, 6.45) is 0. The molecule has 6 nitrogen and oxygen atoms in total. The van der Waals surface area contributed by atoms with Crippen molar-refractivity contribution in [3.05, 3.63) is 11.8 Å². The summed E-state index contributed by atoms with van der Waals surface area (Å²) >= 11 is 0. The van der Waals surface area contributed by atoms with Gasteiger partial charge in [-0.05, 0) is 27.7 Å². The maximum Gasteiger partial charge on any atom is 0.323 e. The lowest BCUT2D eigenvalue weighted by atomic mass is 9.92. The standard InChI is InChI=1S/C16H30N4O2/c1-11(10-21)19(8)14(22)17-13-9-12(15(2,3)4)18-20(13)16(5,6)7/h9,11,21H,10H2,1-8H3,(H,17,22). The molecule has 0 saturated carbocycles. The van der Waals surface area contributed by atoms with Gasteiger partial charge in [0.25, 0.3) is 0 Å². The summed E-state index contributed by atoms with van der Waals surface area (Å²) in [4.78, 5) is 13.8. The lowest BCUT2D eigenvalue weighted by Gasteiger charge is -2.26. The second-order valence-electron chi connectivity index (χ2n) is 7.82. The molecule has 1 aromatic rings. The quantitative estimate of drug-likeness (QED) is 0.902. The summed E-state index contributed by atoms with van der Waals surface area (Å²) in [6, 6.07) is 1.42. The second-order valence-corrected chi connectivity index (χ2v) is 7.82. The Morgan fingerprint density at radius 1 is 1.36 bits per heavy atom. The van der Waals surface area contributed by atoms with E-state index in [1.807, 2.05) is 31.5 Å². The number of carbonyl (C=O) groups is 1. The van der Waals surface area contributed by atoms with Gasteiger partial charge in [-0.3, -0.25) is 5.32 Å². The van der Waals surface area contributed by atoms with Crippen LogP contribution in [0.3, 0.4) is 0 Å². The topological polar surface area (TPSA) is 70.4 Å². The van der Waals surface area contributed by atoms with E-state index in [-0.39, 0.29) is 29.6 Å². The van der Waals surface area contributed by atoms with E-state index < -0.39 is 0 Å². The van der Waals surface area contributed by atoms with Crippen LogP contribution in [0.15, 0.2) is 6.07 Å². The van der Waals surface area contributed by atoms with Gasteiger partial charge in [-0.1, -0.05) is 20.8 Å². The molecule has 126 valence electrons. The minimum atomic E-state index is -0.257. The van der Waals surface area contributed by atoms with Gasteiger partial charge in [-0.2, -0.15) is 5.10 Å². The SMILES string of the molecule is CC(CO)N(C)C(=O)Nc1cc(C(C)(C)C)nn1C(C)(C)C. The first-order valence-electron chi connectivity index (χ1n) is 7.63. The lowest BCUT2D eigenvalue weighted by Crippen LogP contribution is -2.41. The Hall–Kier alpha value is -1.56. The normalized spacial score (nSPS) is 13.9. The van der Waals surface area contributed by atoms with Crippen molar-refractivity contribution in [3.8, 4) is 0 Å². The van der Waals surface area contributed by atoms with E-state index in [4.69, 9.17) is 0 Å². The number of anilines is 1. The summed E-state index contributed by atoms with van der Waals surface area (Å²) in [5.74, 6) is 0.666. The van der Waals surface area contributed by atoms with Crippen molar-refractivity contribution in [2.75, 3.05) is 19.0 Å². The Kier molecular flexibility index (Phi) is 5.28. The van der Waals surface area contributed by atoms with E-state index in [0.717, 1.165) is 5.69 Å². The van der Waals surface area contributed by atoms with E-state index in [1.165, 1.54) is 4.90 Å². The van der Waals surface area contributed by atoms with Crippen molar-refractivity contribution < 1.29 is 9.90 Å². The number of urea groups is 1. The van der Waals surface area contributed by atoms with Crippen LogP contribution in [0.2, 0.25) is 0 Å². The van der Waals surface area contributed by atoms with E-state index in [1.54, 1.807) is 14.0 Å². The van der Waals surface area contributed by atoms with Gasteiger partial charge in [0.05, 0.1) is 23.9 Å². The number of carbonyl (C=O) groups excluding carboxylic acids is 1. The predicted octanol–water partition coefficient (Wildman–Crippen LogP) is 2.78. The monoisotopic (exact) mass is 310 g/mol. The number of nitrogens with zero attached hydrogens (tertiary/aromatic N) is 3. The molecule has 1 heterocycles. The fourth-order valence-electron chi connectivity index (χ4n) is 1.87. The van der Waals surface area contributed by atoms with Crippen LogP contribution in [0.25, 0.3) is 0 Å². The predicted molar refractivity (Wildman–Crippen MR) is 89.3 cm³/mol. The van der Waals surface area contributed by atoms with Crippen LogP contribution in [0.4, 0.5) is 10.6 Å². The number of rotatable bonds is 3. The summed E-state index contributed by atoms with van der Waals surface area (Å²) < 4.78 is 1.84. The highest BCUT2D eigenvalue weighted by Crippen LogP contribution is 2.28. The zero-order valence-electron chi connectivity index (χ0n) is 15.1. The summed E-state index contributed by atoms with van der Waals surface area (Å²) in [7, 11) is 1.67. The average Bonchev–Trinajstić information content (AvgIpc) is 2.80. The Balaban J connectivity index is 3.13. The summed E-state index contributed by atoms with van der Waals surface area (Å²) in [5.41, 5.74) is 0.587. The molecule has 2 amide bonds. The molecule has 1 unspecified atom stereocenters. The number of hydrogen-bond acceptors (Lipinski definition) is 3. The van der Waals surface area contributed by atoms with Gasteiger partial charge in [0.15, 0.2) is 0 Å². The molecule has 0 fully saturated rings. The third-order valence-corrected chi connectivity index (χ3v) is 3.59. The number of hydrogen-bond donors (Lipinski definition) is 2. The van der Waals surface area contributed by atoms with Crippen LogP contribution in [0.5, 0.6) is 0 Å². The molecule has 0 radical (unpaired) electrons. The van der Waals surface area contributed by atoms with Crippen molar-refractivity contribution in [2.24, 2.45) is 0 Å². The maximum atomic E-state index is 12.3. The molecule has 22 heavy (non-hydrogen) atoms. The zero-order chi connectivity index (χ0) is 17.3. The molecule has 0 aliphatic rings. The zero-order valence-corrected chi connectivity index (χ0v) is 15.1. The number of likely N-dealkylation sites (N-methyl/N-ethyl adjacent to an activating group) is 1. The van der Waals surface area contributed by atoms with Crippen LogP contribution in [-0.4, -0.2) is 45.5 Å². The van der Waals surface area contributed by atoms with Gasteiger partial charge in [-0.15, -0.1) is 0 Å². The van der Waals surface area contributed by atoms with Gasteiger partial charge in [0, 0.05) is 18.5 Å². The molecule has 6 heteroatoms. The summed E-state index contributed by atoms with van der Waals surface area (Å²) in [5, 5.41) is 16.7. The molecule has 0 aliphatic heterocycles. The fourth-order valence-corrected chi connectivity index (χ4v) is 1.87. The molecule has 0 spiro atoms. The Morgan fingerprint density at radius 3 is 2.32 bits per heavy atom. The van der Waals surface area contributed by atoms with Crippen molar-refractivity contribution in [1.29, 1.82) is 0 Å². The van der Waals surface area contributed by atoms with Crippen molar-refractivity contribution in [3.63, 3.8) is 0 Å². The molecule has 0 aromatic carbocycles. The maximum absolute atomic E-state index is 12.3. The highest BCUT2D eigenvalue weighted by molar-refractivity contribution is 5.88. The van der Waals surface area contributed by atoms with E-state index in [0.29, 0.717) is 5.82 Å². The van der Waals surface area contributed by atoms with Crippen LogP contribution in [-0.2, 0) is 11.0 Å². The second kappa shape index (κ2) is 6.28. The molecular weight excluding hydrogens is 280 g/mol. The molecule has 1 atom stereocenters. The van der Waals surface area contributed by atoms with Crippen molar-refractivity contribution in [2.45, 2.75) is 65.5 Å². The van der Waals surface area contributed by atoms with Gasteiger partial charge in [-0.25, -0.2) is 9.48 Å². The molecule has 0 bridgehead atoms. The van der Waals surface area contributed by atoms with Crippen molar-refractivity contribution in [1.82, 2.24) is 14.7 Å². The Morgan fingerprint density at radius 2 is 1.91 bits per heavy atom. The molecule has 0 aliphatic carbocycles. The van der Waals surface area contributed by atoms with E-state index in [2.05, 4.69) is 31.2 Å². The first-order valence-corrected chi connectivity index (χ1v) is 7.63. The van der Waals surface area contributed by atoms with E-state index in [9.17, 15) is 9.90 Å². The molecule has 0 saturated heterocycles. The number of aliphatic hydroxyl groups excluding tert-OH is 1. The molecule has 1 aromatic heterocycles. The van der Waals surface area contributed by atoms with Crippen LogP contribution < -0.4 is 5.32 Å². The van der Waals surface area contributed by atoms with E-state index >= 15 is 0 Å². The summed E-state index contributed by atoms with van der Waals surface area (Å²) in [6.45, 7) is 14.1. The highest BCUT2D eigenvalue weighted by Gasteiger charge is 2.26. The van der Waals surface area contributed by atoms with Crippen LogP contribution in [0.1, 0.15) is 54.2 Å². The number of aromatic nitrogens is 2. The first-order chi connectivity index (χ1) is 9.87. The number of nitrogens with one attached hydrogen (secondary N) is 1. The van der Waals surface area contributed by atoms with Crippen LogP contribution >= 0.6 is 0 Å². The third kappa shape index (κ3) is 4.22. The Labute approximate surface area is 133 Å². The van der Waals surface area contributed by atoms with Crippen LogP contribution in [0, 0.1) is 0 Å². The smallest absolute Gasteiger partial charge is 0.323 e.